The van der Waals surface area contributed by atoms with E-state index in [1.165, 1.54) is 13.0 Å². The summed E-state index contributed by atoms with van der Waals surface area (Å²) in [6.07, 6.45) is 0. The van der Waals surface area contributed by atoms with Gasteiger partial charge in [0.25, 0.3) is 5.69 Å². The molecular formula is C18H15N3O3. The lowest BCUT2D eigenvalue weighted by Crippen LogP contribution is -2.05. The van der Waals surface area contributed by atoms with Crippen molar-refractivity contribution in [2.45, 2.75) is 13.8 Å². The molecule has 0 aliphatic carbocycles. The second-order valence-corrected chi connectivity index (χ2v) is 5.53. The minimum atomic E-state index is -0.414. The molecule has 1 amide bonds. The van der Waals surface area contributed by atoms with Crippen LogP contribution in [0.25, 0.3) is 22.0 Å². The maximum absolute atomic E-state index is 11.1. The molecule has 1 heterocycles. The Hall–Kier alpha value is -3.28. The van der Waals surface area contributed by atoms with E-state index < -0.39 is 4.92 Å². The number of carbonyl (C=O) groups excluding carboxylic acids is 1. The van der Waals surface area contributed by atoms with Crippen molar-refractivity contribution in [3.8, 4) is 11.1 Å². The van der Waals surface area contributed by atoms with E-state index in [0.29, 0.717) is 11.2 Å². The number of pyridine rings is 1. The van der Waals surface area contributed by atoms with Crippen molar-refractivity contribution in [3.05, 3.63) is 64.3 Å². The number of nitro groups is 1. The van der Waals surface area contributed by atoms with Crippen LogP contribution in [0.3, 0.4) is 0 Å². The fourth-order valence-electron chi connectivity index (χ4n) is 2.63. The molecule has 0 radical (unpaired) electrons. The molecule has 0 aliphatic rings. The maximum Gasteiger partial charge on any atom is 0.270 e. The number of nitrogens with zero attached hydrogens (tertiary/aromatic N) is 2. The Balaban J connectivity index is 2.15. The molecule has 3 rings (SSSR count). The van der Waals surface area contributed by atoms with E-state index in [4.69, 9.17) is 0 Å². The zero-order chi connectivity index (χ0) is 17.3. The summed E-state index contributed by atoms with van der Waals surface area (Å²) in [5.41, 5.74) is 4.05. The topological polar surface area (TPSA) is 85.1 Å². The van der Waals surface area contributed by atoms with Crippen LogP contribution in [0.2, 0.25) is 0 Å². The Kier molecular flexibility index (Phi) is 3.95. The van der Waals surface area contributed by atoms with E-state index in [2.05, 4.69) is 10.3 Å². The Morgan fingerprint density at radius 2 is 1.83 bits per heavy atom. The highest BCUT2D eigenvalue weighted by atomic mass is 16.6. The van der Waals surface area contributed by atoms with Crippen LogP contribution in [0.15, 0.2) is 48.5 Å². The number of hydrogen-bond donors (Lipinski definition) is 1. The molecule has 24 heavy (non-hydrogen) atoms. The number of benzene rings is 2. The number of carbonyl (C=O) groups is 1. The molecule has 120 valence electrons. The van der Waals surface area contributed by atoms with Crippen molar-refractivity contribution in [2.24, 2.45) is 0 Å². The van der Waals surface area contributed by atoms with Gasteiger partial charge in [-0.25, -0.2) is 0 Å². The molecule has 1 aromatic heterocycles. The highest BCUT2D eigenvalue weighted by Crippen LogP contribution is 2.31. The first-order chi connectivity index (χ1) is 11.4. The van der Waals surface area contributed by atoms with Gasteiger partial charge in [0.15, 0.2) is 0 Å². The fourth-order valence-corrected chi connectivity index (χ4v) is 2.63. The lowest BCUT2D eigenvalue weighted by atomic mass is 9.99. The number of aryl methyl sites for hydroxylation is 1. The first kappa shape index (κ1) is 15.6. The molecule has 0 bridgehead atoms. The molecule has 0 saturated heterocycles. The summed E-state index contributed by atoms with van der Waals surface area (Å²) in [5, 5.41) is 14.5. The van der Waals surface area contributed by atoms with E-state index >= 15 is 0 Å². The predicted molar refractivity (Wildman–Crippen MR) is 92.9 cm³/mol. The van der Waals surface area contributed by atoms with E-state index in [0.717, 1.165) is 22.2 Å². The number of amides is 1. The van der Waals surface area contributed by atoms with Gasteiger partial charge in [0.05, 0.1) is 10.4 Å². The summed E-state index contributed by atoms with van der Waals surface area (Å²) in [4.78, 5) is 26.2. The van der Waals surface area contributed by atoms with Gasteiger partial charge < -0.3 is 5.32 Å². The van der Waals surface area contributed by atoms with E-state index in [1.54, 1.807) is 24.3 Å². The van der Waals surface area contributed by atoms with Crippen molar-refractivity contribution in [1.29, 1.82) is 0 Å². The zero-order valence-corrected chi connectivity index (χ0v) is 13.2. The second-order valence-electron chi connectivity index (χ2n) is 5.53. The molecule has 0 unspecified atom stereocenters. The van der Waals surface area contributed by atoms with Gasteiger partial charge in [-0.1, -0.05) is 12.1 Å². The van der Waals surface area contributed by atoms with Crippen LogP contribution in [-0.2, 0) is 4.79 Å². The standard InChI is InChI=1S/C18H15N3O3/c1-11-9-16(13-3-5-14(6-4-13)20-12(2)22)17-10-15(21(23)24)7-8-18(17)19-11/h3-10H,1-2H3,(H,20,22). The van der Waals surface area contributed by atoms with Crippen molar-refractivity contribution < 1.29 is 9.72 Å². The third-order valence-electron chi connectivity index (χ3n) is 3.65. The number of rotatable bonds is 3. The molecule has 6 nitrogen and oxygen atoms in total. The molecule has 0 atom stereocenters. The van der Waals surface area contributed by atoms with E-state index in [9.17, 15) is 14.9 Å². The van der Waals surface area contributed by atoms with Crippen LogP contribution in [0.1, 0.15) is 12.6 Å². The minimum Gasteiger partial charge on any atom is -0.326 e. The summed E-state index contributed by atoms with van der Waals surface area (Å²) in [6, 6.07) is 13.9. The molecule has 3 aromatic rings. The summed E-state index contributed by atoms with van der Waals surface area (Å²) in [5.74, 6) is -0.136. The Morgan fingerprint density at radius 3 is 2.46 bits per heavy atom. The SMILES string of the molecule is CC(=O)Nc1ccc(-c2cc(C)nc3ccc([N+](=O)[O-])cc23)cc1. The van der Waals surface area contributed by atoms with Crippen molar-refractivity contribution in [2.75, 3.05) is 5.32 Å². The van der Waals surface area contributed by atoms with Crippen molar-refractivity contribution >= 4 is 28.2 Å². The van der Waals surface area contributed by atoms with E-state index in [1.807, 2.05) is 25.1 Å². The van der Waals surface area contributed by atoms with Gasteiger partial charge >= 0.3 is 0 Å². The first-order valence-corrected chi connectivity index (χ1v) is 7.38. The molecule has 0 fully saturated rings. The number of hydrogen-bond acceptors (Lipinski definition) is 4. The number of fused-ring (bicyclic) bond motifs is 1. The monoisotopic (exact) mass is 321 g/mol. The van der Waals surface area contributed by atoms with Crippen LogP contribution in [0.4, 0.5) is 11.4 Å². The Labute approximate surface area is 138 Å². The Morgan fingerprint density at radius 1 is 1.12 bits per heavy atom. The lowest BCUT2D eigenvalue weighted by molar-refractivity contribution is -0.384. The van der Waals surface area contributed by atoms with Gasteiger partial charge in [0.2, 0.25) is 5.91 Å². The number of non-ortho nitro benzene ring substituents is 1. The molecule has 0 saturated carbocycles. The quantitative estimate of drug-likeness (QED) is 0.582. The maximum atomic E-state index is 11.1. The van der Waals surface area contributed by atoms with Gasteiger partial charge in [0.1, 0.15) is 0 Å². The van der Waals surface area contributed by atoms with Gasteiger partial charge in [-0.05, 0) is 42.3 Å². The summed E-state index contributed by atoms with van der Waals surface area (Å²) in [6.45, 7) is 3.34. The predicted octanol–water partition coefficient (Wildman–Crippen LogP) is 4.08. The van der Waals surface area contributed by atoms with Crippen molar-refractivity contribution in [1.82, 2.24) is 4.98 Å². The van der Waals surface area contributed by atoms with Crippen LogP contribution in [0.5, 0.6) is 0 Å². The smallest absolute Gasteiger partial charge is 0.270 e. The van der Waals surface area contributed by atoms with Crippen LogP contribution < -0.4 is 5.32 Å². The normalized spacial score (nSPS) is 10.6. The largest absolute Gasteiger partial charge is 0.326 e. The Bertz CT molecular complexity index is 950. The van der Waals surface area contributed by atoms with Gasteiger partial charge in [-0.15, -0.1) is 0 Å². The fraction of sp³-hybridized carbons (Fsp3) is 0.111. The van der Waals surface area contributed by atoms with Gasteiger partial charge in [0, 0.05) is 35.8 Å². The second kappa shape index (κ2) is 6.08. The summed E-state index contributed by atoms with van der Waals surface area (Å²) >= 11 is 0. The lowest BCUT2D eigenvalue weighted by Gasteiger charge is -2.09. The van der Waals surface area contributed by atoms with Crippen LogP contribution in [-0.4, -0.2) is 15.8 Å². The van der Waals surface area contributed by atoms with Crippen LogP contribution >= 0.6 is 0 Å². The highest BCUT2D eigenvalue weighted by molar-refractivity contribution is 5.96. The number of nitro benzene ring substituents is 1. The molecule has 0 spiro atoms. The minimum absolute atomic E-state index is 0.0317. The third kappa shape index (κ3) is 3.08. The third-order valence-corrected chi connectivity index (χ3v) is 3.65. The van der Waals surface area contributed by atoms with Gasteiger partial charge in [-0.2, -0.15) is 0 Å². The number of aromatic nitrogens is 1. The number of anilines is 1. The summed E-state index contributed by atoms with van der Waals surface area (Å²) in [7, 11) is 0. The molecular weight excluding hydrogens is 306 g/mol. The molecule has 1 N–H and O–H groups in total. The van der Waals surface area contributed by atoms with Crippen molar-refractivity contribution in [3.63, 3.8) is 0 Å². The highest BCUT2D eigenvalue weighted by Gasteiger charge is 2.12. The number of nitrogens with one attached hydrogen (secondary N) is 1. The average Bonchev–Trinajstić information content (AvgIpc) is 2.53. The zero-order valence-electron chi connectivity index (χ0n) is 13.2. The average molecular weight is 321 g/mol. The first-order valence-electron chi connectivity index (χ1n) is 7.38. The van der Waals surface area contributed by atoms with Gasteiger partial charge in [-0.3, -0.25) is 19.9 Å². The molecule has 6 heteroatoms. The molecule has 0 aliphatic heterocycles. The van der Waals surface area contributed by atoms with Crippen LogP contribution in [0, 0.1) is 17.0 Å². The summed E-state index contributed by atoms with van der Waals surface area (Å²) < 4.78 is 0. The molecule has 2 aromatic carbocycles. The van der Waals surface area contributed by atoms with E-state index in [-0.39, 0.29) is 11.6 Å².